The fraction of sp³-hybridized carbons (Fsp3) is 0.667. The zero-order valence-electron chi connectivity index (χ0n) is 10.9. The molecule has 0 aromatic carbocycles. The molecule has 5 nitrogen and oxygen atoms in total. The molecule has 1 aliphatic heterocycles. The van der Waals surface area contributed by atoms with Crippen LogP contribution in [0.4, 0.5) is 11.8 Å². The molecule has 0 saturated carbocycles. The van der Waals surface area contributed by atoms with Crippen molar-refractivity contribution in [3.8, 4) is 0 Å². The Labute approximate surface area is 116 Å². The second-order valence-electron chi connectivity index (χ2n) is 4.36. The van der Waals surface area contributed by atoms with Crippen LogP contribution in [0.25, 0.3) is 0 Å². The third-order valence-electron chi connectivity index (χ3n) is 3.06. The zero-order valence-corrected chi connectivity index (χ0v) is 12.5. The molecular formula is C12H19BrN4O. The summed E-state index contributed by atoms with van der Waals surface area (Å²) < 4.78 is 6.07. The van der Waals surface area contributed by atoms with Gasteiger partial charge in [0.1, 0.15) is 5.82 Å². The molecule has 18 heavy (non-hydrogen) atoms. The molecule has 0 aliphatic carbocycles. The number of methoxy groups -OCH3 is 1. The van der Waals surface area contributed by atoms with Gasteiger partial charge in [0.2, 0.25) is 5.95 Å². The first-order valence-electron chi connectivity index (χ1n) is 6.24. The average Bonchev–Trinajstić information content (AvgIpc) is 2.42. The van der Waals surface area contributed by atoms with Gasteiger partial charge in [0.15, 0.2) is 0 Å². The standard InChI is InChI=1S/C12H19BrN4O/c1-14-11-10(13)9(8-18-2)15-12(16-11)17-6-4-3-5-7-17/h3-8H2,1-2H3,(H,14,15,16). The van der Waals surface area contributed by atoms with E-state index in [4.69, 9.17) is 4.74 Å². The van der Waals surface area contributed by atoms with E-state index in [1.54, 1.807) is 7.11 Å². The van der Waals surface area contributed by atoms with Crippen LogP contribution in [0.1, 0.15) is 25.0 Å². The van der Waals surface area contributed by atoms with Gasteiger partial charge in [0.25, 0.3) is 0 Å². The minimum absolute atomic E-state index is 0.485. The molecule has 6 heteroatoms. The highest BCUT2D eigenvalue weighted by Crippen LogP contribution is 2.27. The molecule has 2 heterocycles. The number of anilines is 2. The lowest BCUT2D eigenvalue weighted by atomic mass is 10.1. The summed E-state index contributed by atoms with van der Waals surface area (Å²) in [6, 6.07) is 0. The van der Waals surface area contributed by atoms with Crippen molar-refractivity contribution in [3.63, 3.8) is 0 Å². The van der Waals surface area contributed by atoms with Gasteiger partial charge in [-0.25, -0.2) is 4.98 Å². The third-order valence-corrected chi connectivity index (χ3v) is 3.90. The molecule has 1 aliphatic rings. The molecule has 100 valence electrons. The molecule has 1 aromatic rings. The van der Waals surface area contributed by atoms with Crippen molar-refractivity contribution in [2.75, 3.05) is 37.5 Å². The zero-order chi connectivity index (χ0) is 13.0. The minimum Gasteiger partial charge on any atom is -0.378 e. The highest BCUT2D eigenvalue weighted by molar-refractivity contribution is 9.10. The van der Waals surface area contributed by atoms with Crippen LogP contribution in [-0.4, -0.2) is 37.2 Å². The van der Waals surface area contributed by atoms with E-state index in [1.165, 1.54) is 19.3 Å². The number of piperidine rings is 1. The maximum atomic E-state index is 5.18. The summed E-state index contributed by atoms with van der Waals surface area (Å²) in [6.07, 6.45) is 3.73. The number of halogens is 1. The third kappa shape index (κ3) is 2.92. The predicted molar refractivity (Wildman–Crippen MR) is 76.1 cm³/mol. The van der Waals surface area contributed by atoms with Gasteiger partial charge in [0.05, 0.1) is 16.8 Å². The number of nitrogens with zero attached hydrogens (tertiary/aromatic N) is 3. The number of aromatic nitrogens is 2. The molecule has 1 N–H and O–H groups in total. The largest absolute Gasteiger partial charge is 0.378 e. The van der Waals surface area contributed by atoms with E-state index < -0.39 is 0 Å². The Hall–Kier alpha value is -0.880. The highest BCUT2D eigenvalue weighted by Gasteiger charge is 2.17. The van der Waals surface area contributed by atoms with Crippen molar-refractivity contribution in [2.24, 2.45) is 0 Å². The molecule has 1 aromatic heterocycles. The van der Waals surface area contributed by atoms with Crippen molar-refractivity contribution < 1.29 is 4.74 Å². The first-order chi connectivity index (χ1) is 8.76. The first kappa shape index (κ1) is 13.5. The van der Waals surface area contributed by atoms with Crippen LogP contribution in [0, 0.1) is 0 Å². The smallest absolute Gasteiger partial charge is 0.227 e. The summed E-state index contributed by atoms with van der Waals surface area (Å²) in [5, 5.41) is 3.09. The molecule has 2 rings (SSSR count). The van der Waals surface area contributed by atoms with Crippen LogP contribution in [0.5, 0.6) is 0 Å². The Morgan fingerprint density at radius 1 is 1.28 bits per heavy atom. The van der Waals surface area contributed by atoms with Crippen LogP contribution in [0.15, 0.2) is 4.47 Å². The van der Waals surface area contributed by atoms with E-state index >= 15 is 0 Å². The number of hydrogen-bond acceptors (Lipinski definition) is 5. The Balaban J connectivity index is 2.31. The SMILES string of the molecule is CNc1nc(N2CCCCC2)nc(COC)c1Br. The summed E-state index contributed by atoms with van der Waals surface area (Å²) in [5.74, 6) is 1.62. The van der Waals surface area contributed by atoms with Crippen molar-refractivity contribution >= 4 is 27.7 Å². The van der Waals surface area contributed by atoms with E-state index in [9.17, 15) is 0 Å². The summed E-state index contributed by atoms with van der Waals surface area (Å²) >= 11 is 3.51. The van der Waals surface area contributed by atoms with Gasteiger partial charge >= 0.3 is 0 Å². The van der Waals surface area contributed by atoms with Crippen LogP contribution < -0.4 is 10.2 Å². The second-order valence-corrected chi connectivity index (χ2v) is 5.16. The molecule has 0 unspecified atom stereocenters. The lowest BCUT2D eigenvalue weighted by molar-refractivity contribution is 0.181. The molecule has 1 saturated heterocycles. The Morgan fingerprint density at radius 3 is 2.61 bits per heavy atom. The van der Waals surface area contributed by atoms with Gasteiger partial charge in [0, 0.05) is 27.2 Å². The predicted octanol–water partition coefficient (Wildman–Crippen LogP) is 2.42. The Kier molecular flexibility index (Phi) is 4.77. The van der Waals surface area contributed by atoms with Crippen molar-refractivity contribution in [1.29, 1.82) is 0 Å². The fourth-order valence-corrected chi connectivity index (χ4v) is 2.60. The Morgan fingerprint density at radius 2 is 2.00 bits per heavy atom. The monoisotopic (exact) mass is 314 g/mol. The van der Waals surface area contributed by atoms with Crippen molar-refractivity contribution in [1.82, 2.24) is 9.97 Å². The normalized spacial score (nSPS) is 15.8. The molecule has 0 amide bonds. The van der Waals surface area contributed by atoms with Gasteiger partial charge in [-0.05, 0) is 35.2 Å². The van der Waals surface area contributed by atoms with Gasteiger partial charge in [-0.2, -0.15) is 4.98 Å². The topological polar surface area (TPSA) is 50.3 Å². The van der Waals surface area contributed by atoms with Crippen molar-refractivity contribution in [3.05, 3.63) is 10.2 Å². The summed E-state index contributed by atoms with van der Waals surface area (Å²) in [5.41, 5.74) is 0.887. The van der Waals surface area contributed by atoms with E-state index in [1.807, 2.05) is 7.05 Å². The van der Waals surface area contributed by atoms with Crippen molar-refractivity contribution in [2.45, 2.75) is 25.9 Å². The summed E-state index contributed by atoms with van der Waals surface area (Å²) in [6.45, 7) is 2.56. The van der Waals surface area contributed by atoms with Gasteiger partial charge in [-0.3, -0.25) is 0 Å². The minimum atomic E-state index is 0.485. The Bertz CT molecular complexity index is 407. The molecule has 0 atom stereocenters. The quantitative estimate of drug-likeness (QED) is 0.925. The average molecular weight is 315 g/mol. The molecule has 1 fully saturated rings. The maximum Gasteiger partial charge on any atom is 0.227 e. The number of ether oxygens (including phenoxy) is 1. The van der Waals surface area contributed by atoms with Crippen LogP contribution in [0.2, 0.25) is 0 Å². The molecular weight excluding hydrogens is 296 g/mol. The highest BCUT2D eigenvalue weighted by atomic mass is 79.9. The second kappa shape index (κ2) is 6.33. The number of rotatable bonds is 4. The van der Waals surface area contributed by atoms with Crippen LogP contribution >= 0.6 is 15.9 Å². The van der Waals surface area contributed by atoms with E-state index in [2.05, 4.69) is 36.1 Å². The molecule has 0 radical (unpaired) electrons. The van der Waals surface area contributed by atoms with Crippen LogP contribution in [0.3, 0.4) is 0 Å². The summed E-state index contributed by atoms with van der Waals surface area (Å²) in [4.78, 5) is 11.4. The fourth-order valence-electron chi connectivity index (χ4n) is 2.11. The number of hydrogen-bond donors (Lipinski definition) is 1. The molecule has 0 spiro atoms. The first-order valence-corrected chi connectivity index (χ1v) is 7.03. The van der Waals surface area contributed by atoms with Gasteiger partial charge < -0.3 is 15.0 Å². The summed E-state index contributed by atoms with van der Waals surface area (Å²) in [7, 11) is 3.54. The maximum absolute atomic E-state index is 5.18. The van der Waals surface area contributed by atoms with Gasteiger partial charge in [-0.15, -0.1) is 0 Å². The number of nitrogens with one attached hydrogen (secondary N) is 1. The van der Waals surface area contributed by atoms with Crippen LogP contribution in [-0.2, 0) is 11.3 Å². The lowest BCUT2D eigenvalue weighted by Gasteiger charge is -2.27. The van der Waals surface area contributed by atoms with Gasteiger partial charge in [-0.1, -0.05) is 0 Å². The van der Waals surface area contributed by atoms with E-state index in [0.717, 1.165) is 35.0 Å². The molecule has 0 bridgehead atoms. The lowest BCUT2D eigenvalue weighted by Crippen LogP contribution is -2.31. The van der Waals surface area contributed by atoms with E-state index in [-0.39, 0.29) is 0 Å². The van der Waals surface area contributed by atoms with E-state index in [0.29, 0.717) is 6.61 Å².